The Morgan fingerprint density at radius 2 is 0.961 bits per heavy atom. The van der Waals surface area contributed by atoms with Crippen LogP contribution >= 0.6 is 0 Å². The lowest BCUT2D eigenvalue weighted by Gasteiger charge is -2.27. The number of benzene rings is 8. The fourth-order valence-corrected chi connectivity index (χ4v) is 7.65. The van der Waals surface area contributed by atoms with Crippen LogP contribution in [0.3, 0.4) is 0 Å². The average molecular weight is 653 g/mol. The molecule has 0 aliphatic heterocycles. The molecule has 0 fully saturated rings. The van der Waals surface area contributed by atoms with Gasteiger partial charge in [0.15, 0.2) is 0 Å². The fraction of sp³-hybridized carbons (Fsp3) is 0. The molecule has 10 aromatic rings. The minimum absolute atomic E-state index is 0.877. The van der Waals surface area contributed by atoms with E-state index in [1.165, 1.54) is 32.9 Å². The van der Waals surface area contributed by atoms with Gasteiger partial charge in [-0.25, -0.2) is 0 Å². The summed E-state index contributed by atoms with van der Waals surface area (Å²) in [6.07, 6.45) is 0. The Bertz CT molecular complexity index is 2810. The van der Waals surface area contributed by atoms with Gasteiger partial charge in [-0.15, -0.1) is 0 Å². The molecule has 8 aromatic carbocycles. The van der Waals surface area contributed by atoms with Crippen LogP contribution in [0.5, 0.6) is 0 Å². The minimum Gasteiger partial charge on any atom is -0.455 e. The molecule has 0 N–H and O–H groups in total. The first-order chi connectivity index (χ1) is 25.3. The molecule has 10 rings (SSSR count). The Kier molecular flexibility index (Phi) is 6.81. The molecule has 0 saturated heterocycles. The summed E-state index contributed by atoms with van der Waals surface area (Å²) in [5.74, 6) is 0. The van der Waals surface area contributed by atoms with Crippen molar-refractivity contribution in [2.45, 2.75) is 0 Å². The third kappa shape index (κ3) is 4.90. The molecule has 2 heterocycles. The van der Waals surface area contributed by atoms with Crippen LogP contribution in [-0.4, -0.2) is 4.57 Å². The van der Waals surface area contributed by atoms with E-state index in [0.717, 1.165) is 55.8 Å². The molecule has 0 amide bonds. The smallest absolute Gasteiger partial charge is 0.143 e. The Morgan fingerprint density at radius 3 is 1.73 bits per heavy atom. The van der Waals surface area contributed by atoms with Crippen LogP contribution in [0, 0.1) is 0 Å². The largest absolute Gasteiger partial charge is 0.455 e. The second-order valence-corrected chi connectivity index (χ2v) is 13.0. The summed E-state index contributed by atoms with van der Waals surface area (Å²) in [5.41, 5.74) is 12.9. The monoisotopic (exact) mass is 652 g/mol. The molecule has 0 bridgehead atoms. The summed E-state index contributed by atoms with van der Waals surface area (Å²) in [4.78, 5) is 2.36. The van der Waals surface area contributed by atoms with E-state index >= 15 is 0 Å². The second-order valence-electron chi connectivity index (χ2n) is 13.0. The van der Waals surface area contributed by atoms with Crippen molar-refractivity contribution in [2.75, 3.05) is 4.90 Å². The van der Waals surface area contributed by atoms with Crippen molar-refractivity contribution in [2.24, 2.45) is 0 Å². The SMILES string of the molecule is c1ccc(-c2cccc(N(c3ccccc3)c3cc(-c4cccc(-n5c6ccccc6c6ccccc65)c4)c4oc5ccccc5c4c3)c2)cc1. The fourth-order valence-electron chi connectivity index (χ4n) is 7.65. The van der Waals surface area contributed by atoms with Crippen molar-refractivity contribution in [1.29, 1.82) is 0 Å². The molecule has 0 aliphatic rings. The summed E-state index contributed by atoms with van der Waals surface area (Å²) in [5, 5.41) is 4.67. The van der Waals surface area contributed by atoms with Gasteiger partial charge >= 0.3 is 0 Å². The van der Waals surface area contributed by atoms with E-state index in [1.807, 2.05) is 6.07 Å². The molecule has 3 heteroatoms. The first-order valence-corrected chi connectivity index (χ1v) is 17.4. The lowest BCUT2D eigenvalue weighted by atomic mass is 9.99. The first kappa shape index (κ1) is 29.1. The zero-order valence-corrected chi connectivity index (χ0v) is 27.8. The highest BCUT2D eigenvalue weighted by Crippen LogP contribution is 2.44. The summed E-state index contributed by atoms with van der Waals surface area (Å²) < 4.78 is 9.08. The van der Waals surface area contributed by atoms with Crippen LogP contribution in [-0.2, 0) is 0 Å². The molecule has 0 aliphatic carbocycles. The van der Waals surface area contributed by atoms with Gasteiger partial charge in [0.25, 0.3) is 0 Å². The molecular weight excluding hydrogens is 621 g/mol. The van der Waals surface area contributed by atoms with E-state index in [4.69, 9.17) is 4.42 Å². The topological polar surface area (TPSA) is 21.3 Å². The number of nitrogens with zero attached hydrogens (tertiary/aromatic N) is 2. The average Bonchev–Trinajstić information content (AvgIpc) is 3.75. The normalized spacial score (nSPS) is 11.5. The van der Waals surface area contributed by atoms with E-state index in [9.17, 15) is 0 Å². The highest BCUT2D eigenvalue weighted by Gasteiger charge is 2.21. The molecule has 0 unspecified atom stereocenters. The maximum atomic E-state index is 6.71. The minimum atomic E-state index is 0.877. The number of hydrogen-bond donors (Lipinski definition) is 0. The predicted octanol–water partition coefficient (Wildman–Crippen LogP) is 13.5. The van der Waals surface area contributed by atoms with Gasteiger partial charge < -0.3 is 13.9 Å². The summed E-state index contributed by atoms with van der Waals surface area (Å²) in [7, 11) is 0. The van der Waals surface area contributed by atoms with Crippen molar-refractivity contribution in [1.82, 2.24) is 4.57 Å². The van der Waals surface area contributed by atoms with Crippen LogP contribution in [0.2, 0.25) is 0 Å². The van der Waals surface area contributed by atoms with Crippen molar-refractivity contribution < 1.29 is 4.42 Å². The van der Waals surface area contributed by atoms with Gasteiger partial charge in [0.2, 0.25) is 0 Å². The van der Waals surface area contributed by atoms with Gasteiger partial charge in [-0.2, -0.15) is 0 Å². The number of rotatable bonds is 6. The molecule has 51 heavy (non-hydrogen) atoms. The Hall–Kier alpha value is -6.84. The molecule has 240 valence electrons. The maximum absolute atomic E-state index is 6.71. The van der Waals surface area contributed by atoms with Crippen molar-refractivity contribution in [3.63, 3.8) is 0 Å². The Balaban J connectivity index is 1.22. The van der Waals surface area contributed by atoms with E-state index in [1.54, 1.807) is 0 Å². The highest BCUT2D eigenvalue weighted by atomic mass is 16.3. The van der Waals surface area contributed by atoms with Crippen molar-refractivity contribution >= 4 is 60.8 Å². The molecule has 0 radical (unpaired) electrons. The van der Waals surface area contributed by atoms with Crippen LogP contribution in [0.15, 0.2) is 199 Å². The number of hydrogen-bond acceptors (Lipinski definition) is 2. The van der Waals surface area contributed by atoms with Gasteiger partial charge in [-0.05, 0) is 83.4 Å². The van der Waals surface area contributed by atoms with Crippen LogP contribution < -0.4 is 4.90 Å². The summed E-state index contributed by atoms with van der Waals surface area (Å²) in [6.45, 7) is 0. The number of anilines is 3. The number of furan rings is 1. The third-order valence-corrected chi connectivity index (χ3v) is 9.94. The summed E-state index contributed by atoms with van der Waals surface area (Å²) >= 11 is 0. The van der Waals surface area contributed by atoms with Crippen molar-refractivity contribution in [3.05, 3.63) is 194 Å². The highest BCUT2D eigenvalue weighted by molar-refractivity contribution is 6.12. The quantitative estimate of drug-likeness (QED) is 0.178. The number of para-hydroxylation sites is 4. The first-order valence-electron chi connectivity index (χ1n) is 17.4. The number of fused-ring (bicyclic) bond motifs is 6. The van der Waals surface area contributed by atoms with Gasteiger partial charge in [0.05, 0.1) is 11.0 Å². The standard InChI is InChI=1S/C48H32N2O/c1-3-15-33(16-4-1)34-17-13-21-37(29-34)49(36-19-5-2-6-20-36)39-31-43(48-44(32-39)42-25-9-12-28-47(42)51-48)35-18-14-22-38(30-35)50-45-26-10-7-23-40(45)41-24-8-11-27-46(41)50/h1-32H. The maximum Gasteiger partial charge on any atom is 0.143 e. The lowest BCUT2D eigenvalue weighted by Crippen LogP contribution is -2.10. The van der Waals surface area contributed by atoms with E-state index in [-0.39, 0.29) is 0 Å². The van der Waals surface area contributed by atoms with Gasteiger partial charge in [0, 0.05) is 49.9 Å². The van der Waals surface area contributed by atoms with E-state index in [2.05, 4.69) is 198 Å². The molecule has 0 spiro atoms. The lowest BCUT2D eigenvalue weighted by molar-refractivity contribution is 0.670. The van der Waals surface area contributed by atoms with E-state index in [0.29, 0.717) is 0 Å². The predicted molar refractivity (Wildman–Crippen MR) is 214 cm³/mol. The zero-order valence-electron chi connectivity index (χ0n) is 27.8. The molecule has 0 atom stereocenters. The molecule has 3 nitrogen and oxygen atoms in total. The molecular formula is C48H32N2O. The summed E-state index contributed by atoms with van der Waals surface area (Å²) in [6, 6.07) is 69.1. The van der Waals surface area contributed by atoms with Crippen LogP contribution in [0.1, 0.15) is 0 Å². The molecule has 2 aromatic heterocycles. The molecule has 0 saturated carbocycles. The van der Waals surface area contributed by atoms with Crippen LogP contribution in [0.4, 0.5) is 17.1 Å². The third-order valence-electron chi connectivity index (χ3n) is 9.94. The van der Waals surface area contributed by atoms with Crippen LogP contribution in [0.25, 0.3) is 71.7 Å². The van der Waals surface area contributed by atoms with Gasteiger partial charge in [-0.3, -0.25) is 0 Å². The second kappa shape index (κ2) is 11.9. The van der Waals surface area contributed by atoms with Crippen molar-refractivity contribution in [3.8, 4) is 27.9 Å². The van der Waals surface area contributed by atoms with Gasteiger partial charge in [0.1, 0.15) is 11.2 Å². The Labute approximate surface area is 295 Å². The zero-order chi connectivity index (χ0) is 33.7. The number of aromatic nitrogens is 1. The van der Waals surface area contributed by atoms with Gasteiger partial charge in [-0.1, -0.05) is 127 Å². The Morgan fingerprint density at radius 1 is 0.373 bits per heavy atom. The van der Waals surface area contributed by atoms with E-state index < -0.39 is 0 Å².